The van der Waals surface area contributed by atoms with E-state index in [2.05, 4.69) is 73.8 Å². The Labute approximate surface area is 844 Å². The number of aliphatic carboxylic acids is 4. The molecule has 48 heteroatoms. The molecule has 4 aliphatic heterocycles. The summed E-state index contributed by atoms with van der Waals surface area (Å²) in [5, 5.41) is 86.8. The molecule has 23 N–H and O–H groups in total. The van der Waals surface area contributed by atoms with Gasteiger partial charge in [0.2, 0.25) is 88.6 Å². The zero-order chi connectivity index (χ0) is 105. The summed E-state index contributed by atoms with van der Waals surface area (Å²) in [5.74, 6) is -21.6. The number of nitrogens with one attached hydrogen (secondary N) is 14. The molecule has 788 valence electrons. The summed E-state index contributed by atoms with van der Waals surface area (Å²) in [5.41, 5.74) is 14.7. The highest BCUT2D eigenvalue weighted by Gasteiger charge is 2.43. The van der Waals surface area contributed by atoms with Crippen LogP contribution in [0.5, 0.6) is 0 Å². The van der Waals surface area contributed by atoms with Crippen LogP contribution < -0.4 is 75.3 Å². The molecule has 0 radical (unpaired) electrons. The Balaban J connectivity index is 1.02. The van der Waals surface area contributed by atoms with Crippen molar-refractivity contribution in [2.75, 3.05) is 123 Å². The fraction of sp³-hybridized carbons (Fsp3) is 0.536. The number of nitrogens with zero attached hydrogens (tertiary/aromatic N) is 6. The molecule has 13 atom stereocenters. The van der Waals surface area contributed by atoms with Gasteiger partial charge in [-0.25, -0.2) is 0 Å². The van der Waals surface area contributed by atoms with E-state index in [1.807, 2.05) is 18.2 Å². The van der Waals surface area contributed by atoms with Gasteiger partial charge < -0.3 is 121 Å². The average Bonchev–Trinajstić information content (AvgIpc) is 1.52. The van der Waals surface area contributed by atoms with Gasteiger partial charge in [-0.1, -0.05) is 120 Å². The molecule has 2 aromatic heterocycles. The summed E-state index contributed by atoms with van der Waals surface area (Å²) < 4.78 is 0. The van der Waals surface area contributed by atoms with Gasteiger partial charge in [0.15, 0.2) is 0 Å². The first-order chi connectivity index (χ1) is 69.3. The first kappa shape index (κ1) is 114. The number of rotatable bonds is 40. The van der Waals surface area contributed by atoms with Gasteiger partial charge in [-0.2, -0.15) is 0 Å². The highest BCUT2D eigenvalue weighted by atomic mass is 33.1. The molecule has 0 bridgehead atoms. The third kappa shape index (κ3) is 35.2. The Morgan fingerprint density at radius 1 is 0.538 bits per heavy atom. The molecule has 46 nitrogen and oxygen atoms in total. The predicted molar refractivity (Wildman–Crippen MR) is 535 cm³/mol. The summed E-state index contributed by atoms with van der Waals surface area (Å²) in [4.78, 5) is 287. The molecule has 0 saturated carbocycles. The van der Waals surface area contributed by atoms with Gasteiger partial charge in [0.25, 0.3) is 0 Å². The molecule has 4 fully saturated rings. The van der Waals surface area contributed by atoms with Gasteiger partial charge >= 0.3 is 23.9 Å². The van der Waals surface area contributed by atoms with Crippen molar-refractivity contribution in [3.8, 4) is 0 Å². The number of nitrogens with two attached hydrogens (primary N) is 2. The van der Waals surface area contributed by atoms with Gasteiger partial charge in [-0.15, -0.1) is 0 Å². The smallest absolute Gasteiger partial charge is 0.317 e. The van der Waals surface area contributed by atoms with Gasteiger partial charge in [-0.05, 0) is 123 Å². The number of aromatic nitrogens is 2. The number of para-hydroxylation sites is 2. The zero-order valence-corrected chi connectivity index (χ0v) is 83.2. The van der Waals surface area contributed by atoms with Gasteiger partial charge in [0, 0.05) is 144 Å². The first-order valence-corrected chi connectivity index (χ1v) is 51.2. The Morgan fingerprint density at radius 3 is 1.62 bits per heavy atom. The fourth-order valence-corrected chi connectivity index (χ4v) is 20.5. The van der Waals surface area contributed by atoms with Crippen LogP contribution in [-0.4, -0.2) is 379 Å². The van der Waals surface area contributed by atoms with E-state index in [4.69, 9.17) is 11.5 Å². The number of unbranched alkanes of at least 4 members (excludes halogenated alkanes) is 2. The van der Waals surface area contributed by atoms with Crippen LogP contribution in [0.15, 0.2) is 103 Å². The summed E-state index contributed by atoms with van der Waals surface area (Å²) in [7, 11) is 2.80. The van der Waals surface area contributed by atoms with Crippen molar-refractivity contribution < 1.29 is 117 Å². The molecule has 0 spiro atoms. The van der Waals surface area contributed by atoms with Crippen LogP contribution in [0.1, 0.15) is 121 Å². The second kappa shape index (κ2) is 56.2. The average molecular weight is 2060 g/mol. The third-order valence-corrected chi connectivity index (χ3v) is 28.5. The number of aromatic amines is 2. The van der Waals surface area contributed by atoms with E-state index in [1.165, 1.54) is 25.8 Å². The molecular formula is C97H134N22O24S2. The van der Waals surface area contributed by atoms with E-state index in [1.54, 1.807) is 112 Å². The summed E-state index contributed by atoms with van der Waals surface area (Å²) >= 11 is 0. The number of aliphatic hydroxyl groups is 1. The van der Waals surface area contributed by atoms with Crippen LogP contribution >= 0.6 is 21.6 Å². The topological polar surface area (TPSA) is 673 Å². The number of likely N-dealkylation sites (N-methyl/N-ethyl adjacent to an activating group) is 1. The van der Waals surface area contributed by atoms with E-state index >= 15 is 47.9 Å². The molecule has 145 heavy (non-hydrogen) atoms. The number of likely N-dealkylation sites (tertiary alicyclic amines) is 1. The number of hydrogen-bond acceptors (Lipinski definition) is 27. The Kier molecular flexibility index (Phi) is 44.0. The van der Waals surface area contributed by atoms with Crippen LogP contribution in [0.4, 0.5) is 0 Å². The standard InChI is InChI=1S/C97H134N22O24S2/c1-5-6-23-78(114(4)97(143)85(56(2)120)113-92(138)71(104-57(3)121)44-62-48-102-66-20-11-9-18-64(62)66)95(141)112-76-55-145-144-54-75(94(140)110-74(96(142)119-32-15-24-77(119)86(99)132)45-63-49-103-67-21-12-10-19-65(63)67)111-91(137)73(47-81(124)125)109-87(133)68(22-13-14-29-101-80(123)50-115-33-35-116(51-82(126)127)37-39-118(53-84(130)131)40-38-117(36-34-115)52-83(128)129)105-88(134)70(43-59-25-26-60-16-7-8-17-61(60)41-59)106-90(136)72(46-79(98)122)108-89(135)69(107-93(76)139)42-58-27-30-100-31-28-58/h7-12,16-21,25-26,41,48-49,56,58,68-78,85,100,102-103,120H,5-6,13-15,22-24,27-40,42-47,50-55H2,1-4H3,(H2,98,122)(H2,99,132)(H,101,123)(H,104,121)(H,105,134)(H,106,136)(H,107,139)(H,108,135)(H,109,133)(H,110,140)(H,111,137)(H,112,141)(H,113,138)(H,124,125)(H,126,127)(H,128,129)(H,130,131)/t56-,68+,69+,70+,71+,72+,73+,74+,75+,76+,77+,78+,85+/m1/s1. The van der Waals surface area contributed by atoms with E-state index in [0.717, 1.165) is 42.8 Å². The number of carboxylic acid groups (broad SMARTS) is 4. The molecule has 6 aromatic rings. The molecular weight excluding hydrogens is 1920 g/mol. The Bertz CT molecular complexity index is 5550. The number of piperidine rings is 1. The van der Waals surface area contributed by atoms with Crippen molar-refractivity contribution in [3.63, 3.8) is 0 Å². The SMILES string of the molecule is CCCC[C@@H](C(=O)N[C@H]1CSSC[C@@H](C(=O)N[C@@H](Cc2c[nH]c3ccccc23)C(=O)N2CCC[C@H]2C(N)=O)NC(=O)[C@H](CC(=O)O)NC(=O)[C@H](CCCCNC(=O)CN2CCN(CC(=O)O)CCN(CC(=O)O)CCN(CC(=O)O)CC2)NC(=O)[C@H](Cc2ccc3ccccc3c2)NC(=O)[C@H](CC(N)=O)NC(=O)[C@H](CC2CCNCC2)NC1=O)N(C)C(=O)[C@@H](NC(=O)[C@H](Cc1c[nH]c2ccccc12)NC(C)=O)[C@@H](C)O. The molecule has 4 saturated heterocycles. The van der Waals surface area contributed by atoms with Crippen LogP contribution in [0.25, 0.3) is 32.6 Å². The Hall–Kier alpha value is -13.4. The number of amides is 15. The zero-order valence-electron chi connectivity index (χ0n) is 81.6. The van der Waals surface area contributed by atoms with Crippen molar-refractivity contribution in [1.82, 2.24) is 103 Å². The second-order valence-electron chi connectivity index (χ2n) is 37.1. The molecule has 4 aliphatic rings. The number of benzene rings is 4. The van der Waals surface area contributed by atoms with Crippen LogP contribution in [0.2, 0.25) is 0 Å². The van der Waals surface area contributed by atoms with Gasteiger partial charge in [0.1, 0.15) is 72.5 Å². The van der Waals surface area contributed by atoms with Crippen molar-refractivity contribution in [2.24, 2.45) is 17.4 Å². The quantitative estimate of drug-likeness (QED) is 0.0139. The lowest BCUT2D eigenvalue weighted by Gasteiger charge is -2.33. The minimum Gasteiger partial charge on any atom is -0.481 e. The lowest BCUT2D eigenvalue weighted by molar-refractivity contribution is -0.145. The number of fused-ring (bicyclic) bond motifs is 3. The summed E-state index contributed by atoms with van der Waals surface area (Å²) in [6, 6.07) is 6.03. The number of carboxylic acids is 4. The van der Waals surface area contributed by atoms with E-state index in [-0.39, 0.29) is 129 Å². The number of primary amides is 2. The predicted octanol–water partition coefficient (Wildman–Crippen LogP) is -2.53. The molecule has 6 heterocycles. The van der Waals surface area contributed by atoms with Crippen molar-refractivity contribution in [1.29, 1.82) is 0 Å². The number of aliphatic hydroxyl groups excluding tert-OH is 1. The summed E-state index contributed by atoms with van der Waals surface area (Å²) in [6.07, 6.45) is 0.0255. The molecule has 0 unspecified atom stereocenters. The monoisotopic (exact) mass is 2050 g/mol. The van der Waals surface area contributed by atoms with Crippen LogP contribution in [-0.2, 0) is 110 Å². The lowest BCUT2D eigenvalue weighted by Crippen LogP contribution is -2.62. The van der Waals surface area contributed by atoms with Crippen molar-refractivity contribution in [2.45, 2.75) is 202 Å². The number of carbonyl (C=O) groups excluding carboxylic acids is 15. The molecule has 10 rings (SSSR count). The normalized spacial score (nSPS) is 21.4. The Morgan fingerprint density at radius 2 is 1.06 bits per heavy atom. The third-order valence-electron chi connectivity index (χ3n) is 26.0. The number of H-pyrrole nitrogens is 2. The molecule has 0 aliphatic carbocycles. The second-order valence-corrected chi connectivity index (χ2v) is 39.6. The largest absolute Gasteiger partial charge is 0.481 e. The molecule has 4 aromatic carbocycles. The van der Waals surface area contributed by atoms with Crippen LogP contribution in [0.3, 0.4) is 0 Å². The number of carbonyl (C=O) groups is 19. The maximum Gasteiger partial charge on any atom is 0.317 e. The minimum absolute atomic E-state index is 0.0231. The van der Waals surface area contributed by atoms with Crippen LogP contribution in [0, 0.1) is 5.92 Å². The van der Waals surface area contributed by atoms with Gasteiger partial charge in [0.05, 0.1) is 45.1 Å². The minimum atomic E-state index is -2.17. The van der Waals surface area contributed by atoms with Crippen molar-refractivity contribution >= 4 is 167 Å². The fourth-order valence-electron chi connectivity index (χ4n) is 18.2. The number of hydrogen-bond donors (Lipinski definition) is 21. The maximum absolute atomic E-state index is 15.8. The lowest BCUT2D eigenvalue weighted by atomic mass is 9.90. The molecule has 15 amide bonds. The van der Waals surface area contributed by atoms with Crippen molar-refractivity contribution in [3.05, 3.63) is 120 Å². The highest BCUT2D eigenvalue weighted by molar-refractivity contribution is 8.76. The summed E-state index contributed by atoms with van der Waals surface area (Å²) in [6.45, 7) is 4.29. The van der Waals surface area contributed by atoms with E-state index in [0.29, 0.717) is 71.8 Å². The first-order valence-electron chi connectivity index (χ1n) is 48.7. The highest BCUT2D eigenvalue weighted by Crippen LogP contribution is 2.29. The van der Waals surface area contributed by atoms with Gasteiger partial charge in [-0.3, -0.25) is 111 Å². The van der Waals surface area contributed by atoms with E-state index < -0.39 is 248 Å². The van der Waals surface area contributed by atoms with E-state index in [9.17, 15) is 68.7 Å². The maximum atomic E-state index is 15.8.